The van der Waals surface area contributed by atoms with Crippen molar-refractivity contribution in [2.75, 3.05) is 6.54 Å². The summed E-state index contributed by atoms with van der Waals surface area (Å²) in [5.74, 6) is 0.426. The molecule has 1 fully saturated rings. The summed E-state index contributed by atoms with van der Waals surface area (Å²) in [4.78, 5) is 13.2. The van der Waals surface area contributed by atoms with Crippen LogP contribution in [-0.2, 0) is 15.7 Å². The van der Waals surface area contributed by atoms with E-state index in [2.05, 4.69) is 53.7 Å². The van der Waals surface area contributed by atoms with Gasteiger partial charge in [0.2, 0.25) is 0 Å². The van der Waals surface area contributed by atoms with Crippen molar-refractivity contribution in [3.8, 4) is 0 Å². The Labute approximate surface area is 156 Å². The average molecular weight is 359 g/mol. The minimum atomic E-state index is -0.837. The van der Waals surface area contributed by atoms with Crippen LogP contribution >= 0.6 is 0 Å². The third-order valence-electron chi connectivity index (χ3n) is 5.99. The van der Waals surface area contributed by atoms with Crippen molar-refractivity contribution >= 4 is 18.7 Å². The van der Waals surface area contributed by atoms with Crippen molar-refractivity contribution in [2.45, 2.75) is 71.6 Å². The maximum Gasteiger partial charge on any atom is 0.494 e. The lowest BCUT2D eigenvalue weighted by atomic mass is 9.75. The van der Waals surface area contributed by atoms with Gasteiger partial charge in [0.05, 0.1) is 17.2 Å². The first-order valence-electron chi connectivity index (χ1n) is 9.50. The standard InChI is InChI=1S/C20H30BNO4/c1-13(2)11-17-16-8-7-15(12-14(16)9-10-22(17)18(23)24)21-25-19(3,4)20(5,6)26-21/h7-8,12-13,17H,9-11H2,1-6H3,(H,23,24). The van der Waals surface area contributed by atoms with Gasteiger partial charge in [-0.1, -0.05) is 32.0 Å². The van der Waals surface area contributed by atoms with Crippen LogP contribution in [0.5, 0.6) is 0 Å². The van der Waals surface area contributed by atoms with Crippen LogP contribution in [0, 0.1) is 5.92 Å². The molecule has 0 aliphatic carbocycles. The predicted molar refractivity (Wildman–Crippen MR) is 103 cm³/mol. The number of amides is 1. The van der Waals surface area contributed by atoms with Gasteiger partial charge in [-0.2, -0.15) is 0 Å². The molecule has 2 aliphatic heterocycles. The van der Waals surface area contributed by atoms with Crippen LogP contribution in [0.25, 0.3) is 0 Å². The molecular formula is C20H30BNO4. The summed E-state index contributed by atoms with van der Waals surface area (Å²) >= 11 is 0. The van der Waals surface area contributed by atoms with E-state index in [9.17, 15) is 9.90 Å². The van der Waals surface area contributed by atoms with Gasteiger partial charge in [0.25, 0.3) is 0 Å². The number of rotatable bonds is 3. The van der Waals surface area contributed by atoms with Crippen molar-refractivity contribution in [3.63, 3.8) is 0 Å². The molecule has 1 amide bonds. The Kier molecular flexibility index (Phi) is 4.86. The molecule has 1 aromatic carbocycles. The lowest BCUT2D eigenvalue weighted by Crippen LogP contribution is -2.41. The molecule has 0 bridgehead atoms. The van der Waals surface area contributed by atoms with Crippen molar-refractivity contribution in [3.05, 3.63) is 29.3 Å². The first-order chi connectivity index (χ1) is 12.0. The molecule has 1 N–H and O–H groups in total. The number of fused-ring (bicyclic) bond motifs is 1. The summed E-state index contributed by atoms with van der Waals surface area (Å²) in [5.41, 5.74) is 2.60. The SMILES string of the molecule is CC(C)CC1c2ccc(B3OC(C)(C)C(C)(C)O3)cc2CCN1C(=O)O. The maximum atomic E-state index is 11.7. The zero-order valence-electron chi connectivity index (χ0n) is 16.7. The zero-order chi connectivity index (χ0) is 19.3. The molecule has 1 saturated heterocycles. The highest BCUT2D eigenvalue weighted by atomic mass is 16.7. The summed E-state index contributed by atoms with van der Waals surface area (Å²) in [7, 11) is -0.383. The fourth-order valence-electron chi connectivity index (χ4n) is 3.79. The monoisotopic (exact) mass is 359 g/mol. The fraction of sp³-hybridized carbons (Fsp3) is 0.650. The second-order valence-corrected chi connectivity index (χ2v) is 8.92. The van der Waals surface area contributed by atoms with Gasteiger partial charge >= 0.3 is 13.2 Å². The highest BCUT2D eigenvalue weighted by Crippen LogP contribution is 2.38. The Morgan fingerprint density at radius 2 is 1.88 bits per heavy atom. The Hall–Kier alpha value is -1.53. The highest BCUT2D eigenvalue weighted by molar-refractivity contribution is 6.62. The highest BCUT2D eigenvalue weighted by Gasteiger charge is 2.51. The third kappa shape index (κ3) is 3.37. The molecule has 2 heterocycles. The van der Waals surface area contributed by atoms with E-state index in [4.69, 9.17) is 9.31 Å². The van der Waals surface area contributed by atoms with E-state index in [0.717, 1.165) is 23.9 Å². The van der Waals surface area contributed by atoms with Gasteiger partial charge in [-0.25, -0.2) is 4.79 Å². The first kappa shape index (κ1) is 19.2. The van der Waals surface area contributed by atoms with Crippen LogP contribution in [0.3, 0.4) is 0 Å². The van der Waals surface area contributed by atoms with Crippen LogP contribution in [0.2, 0.25) is 0 Å². The molecule has 5 nitrogen and oxygen atoms in total. The van der Waals surface area contributed by atoms with Gasteiger partial charge in [0.1, 0.15) is 0 Å². The molecule has 0 spiro atoms. The van der Waals surface area contributed by atoms with Crippen molar-refractivity contribution in [1.82, 2.24) is 4.90 Å². The van der Waals surface area contributed by atoms with Gasteiger partial charge in [0.15, 0.2) is 0 Å². The molecule has 26 heavy (non-hydrogen) atoms. The Balaban J connectivity index is 1.91. The van der Waals surface area contributed by atoms with E-state index in [1.54, 1.807) is 4.90 Å². The van der Waals surface area contributed by atoms with E-state index >= 15 is 0 Å². The Morgan fingerprint density at radius 3 is 2.42 bits per heavy atom. The quantitative estimate of drug-likeness (QED) is 0.838. The van der Waals surface area contributed by atoms with Gasteiger partial charge in [-0.3, -0.25) is 0 Å². The average Bonchev–Trinajstić information content (AvgIpc) is 2.74. The van der Waals surface area contributed by atoms with Crippen LogP contribution in [0.4, 0.5) is 4.79 Å². The van der Waals surface area contributed by atoms with Gasteiger partial charge in [-0.05, 0) is 63.0 Å². The van der Waals surface area contributed by atoms with Gasteiger partial charge in [-0.15, -0.1) is 0 Å². The minimum absolute atomic E-state index is 0.0800. The van der Waals surface area contributed by atoms with E-state index in [1.165, 1.54) is 5.56 Å². The molecule has 0 radical (unpaired) electrons. The maximum absolute atomic E-state index is 11.7. The van der Waals surface area contributed by atoms with Crippen LogP contribution in [0.15, 0.2) is 18.2 Å². The Morgan fingerprint density at radius 1 is 1.27 bits per heavy atom. The number of carbonyl (C=O) groups is 1. The number of nitrogens with zero attached hydrogens (tertiary/aromatic N) is 1. The topological polar surface area (TPSA) is 59.0 Å². The summed E-state index contributed by atoms with van der Waals surface area (Å²) in [6.07, 6.45) is 0.718. The normalized spacial score (nSPS) is 24.0. The van der Waals surface area contributed by atoms with Crippen LogP contribution < -0.4 is 5.46 Å². The minimum Gasteiger partial charge on any atom is -0.465 e. The molecule has 3 rings (SSSR count). The summed E-state index contributed by atoms with van der Waals surface area (Å²) in [5, 5.41) is 9.58. The lowest BCUT2D eigenvalue weighted by Gasteiger charge is -2.36. The largest absolute Gasteiger partial charge is 0.494 e. The first-order valence-corrected chi connectivity index (χ1v) is 9.50. The molecule has 1 atom stereocenters. The second kappa shape index (κ2) is 6.57. The predicted octanol–water partition coefficient (Wildman–Crippen LogP) is 3.61. The zero-order valence-corrected chi connectivity index (χ0v) is 16.7. The van der Waals surface area contributed by atoms with E-state index in [-0.39, 0.29) is 24.4 Å². The van der Waals surface area contributed by atoms with Crippen molar-refractivity contribution in [2.24, 2.45) is 5.92 Å². The Bertz CT molecular complexity index is 685. The summed E-state index contributed by atoms with van der Waals surface area (Å²) < 4.78 is 12.3. The van der Waals surface area contributed by atoms with E-state index < -0.39 is 6.09 Å². The fourth-order valence-corrected chi connectivity index (χ4v) is 3.79. The molecule has 0 saturated carbocycles. The number of hydrogen-bond acceptors (Lipinski definition) is 3. The molecule has 142 valence electrons. The van der Waals surface area contributed by atoms with E-state index in [1.807, 2.05) is 6.07 Å². The van der Waals surface area contributed by atoms with Crippen molar-refractivity contribution in [1.29, 1.82) is 0 Å². The molecular weight excluding hydrogens is 329 g/mol. The number of benzene rings is 1. The molecule has 1 aromatic rings. The molecule has 6 heteroatoms. The molecule has 2 aliphatic rings. The third-order valence-corrected chi connectivity index (χ3v) is 5.99. The van der Waals surface area contributed by atoms with E-state index in [0.29, 0.717) is 12.5 Å². The number of hydrogen-bond donors (Lipinski definition) is 1. The molecule has 0 aromatic heterocycles. The van der Waals surface area contributed by atoms with Gasteiger partial charge in [0, 0.05) is 6.54 Å². The summed E-state index contributed by atoms with van der Waals surface area (Å²) in [6.45, 7) is 13.0. The number of carboxylic acid groups (broad SMARTS) is 1. The smallest absolute Gasteiger partial charge is 0.465 e. The molecule has 1 unspecified atom stereocenters. The van der Waals surface area contributed by atoms with Crippen molar-refractivity contribution < 1.29 is 19.2 Å². The van der Waals surface area contributed by atoms with Crippen LogP contribution in [0.1, 0.15) is 65.1 Å². The van der Waals surface area contributed by atoms with Gasteiger partial charge < -0.3 is 19.3 Å². The van der Waals surface area contributed by atoms with Crippen LogP contribution in [-0.4, -0.2) is 41.0 Å². The lowest BCUT2D eigenvalue weighted by molar-refractivity contribution is 0.00578. The second-order valence-electron chi connectivity index (χ2n) is 8.92. The summed E-state index contributed by atoms with van der Waals surface area (Å²) in [6, 6.07) is 6.16.